The van der Waals surface area contributed by atoms with Crippen molar-refractivity contribution < 1.29 is 34.2 Å². The van der Waals surface area contributed by atoms with Gasteiger partial charge in [-0.2, -0.15) is 0 Å². The Morgan fingerprint density at radius 1 is 1.06 bits per heavy atom. The van der Waals surface area contributed by atoms with E-state index in [1.165, 1.54) is 4.88 Å². The van der Waals surface area contributed by atoms with Gasteiger partial charge in [0, 0.05) is 0 Å². The fraction of sp³-hybridized carbons (Fsp3) is 0.182. The van der Waals surface area contributed by atoms with E-state index in [0.29, 0.717) is 0 Å². The third-order valence-corrected chi connectivity index (χ3v) is 2.94. The van der Waals surface area contributed by atoms with E-state index in [1.54, 1.807) is 11.3 Å². The minimum atomic E-state index is 1.08. The summed E-state index contributed by atoms with van der Waals surface area (Å²) in [5.41, 5.74) is 0. The van der Waals surface area contributed by atoms with Crippen LogP contribution >= 0.6 is 11.3 Å². The zero-order valence-electron chi connectivity index (χ0n) is 9.57. The molecule has 0 fully saturated rings. The Bertz CT molecular complexity index is 341. The molecule has 5 nitrogen and oxygen atoms in total. The van der Waals surface area contributed by atoms with Crippen LogP contribution in [-0.4, -0.2) is 23.5 Å². The van der Waals surface area contributed by atoms with E-state index in [-0.39, 0.29) is 0 Å². The summed E-state index contributed by atoms with van der Waals surface area (Å²) in [5, 5.41) is 2.06. The maximum absolute atomic E-state index is 7.50. The van der Waals surface area contributed by atoms with Gasteiger partial charge in [-0.05, 0) is 0 Å². The normalized spacial score (nSPS) is 6.22. The fourth-order valence-electron chi connectivity index (χ4n) is 0.613. The summed E-state index contributed by atoms with van der Waals surface area (Å²) in [7, 11) is 4.00. The Hall–Kier alpha value is -0.991. The van der Waals surface area contributed by atoms with Crippen molar-refractivity contribution in [2.45, 2.75) is 0 Å². The molecule has 0 spiro atoms. The molecule has 1 heterocycles. The summed E-state index contributed by atoms with van der Waals surface area (Å²) in [6.45, 7) is 18.0. The van der Waals surface area contributed by atoms with E-state index in [2.05, 4.69) is 53.6 Å². The van der Waals surface area contributed by atoms with Gasteiger partial charge in [0.25, 0.3) is 0 Å². The fourth-order valence-corrected chi connectivity index (χ4v) is 1.64. The quantitative estimate of drug-likeness (QED) is 0.459. The van der Waals surface area contributed by atoms with Crippen molar-refractivity contribution in [3.8, 4) is 0 Å². The second-order valence-electron chi connectivity index (χ2n) is 2.15. The van der Waals surface area contributed by atoms with Crippen LogP contribution in [0.3, 0.4) is 0 Å². The molecule has 0 aliphatic rings. The number of hydrogen-bond donors (Lipinski definition) is 0. The van der Waals surface area contributed by atoms with Crippen LogP contribution < -0.4 is 0 Å². The molecule has 1 aromatic heterocycles. The van der Waals surface area contributed by atoms with E-state index in [9.17, 15) is 0 Å². The minimum absolute atomic E-state index is 1.08. The molecule has 0 unspecified atom stereocenters. The predicted octanol–water partition coefficient (Wildman–Crippen LogP) is 1.18. The van der Waals surface area contributed by atoms with Crippen molar-refractivity contribution in [1.29, 1.82) is 0 Å². The van der Waals surface area contributed by atoms with Gasteiger partial charge in [-0.1, -0.05) is 0 Å². The van der Waals surface area contributed by atoms with Crippen LogP contribution in [0.4, 0.5) is 0 Å². The molecule has 0 saturated carbocycles. The van der Waals surface area contributed by atoms with Crippen LogP contribution in [0.15, 0.2) is 17.5 Å². The first kappa shape index (κ1) is 25.8. The molecule has 0 amide bonds. The molecule has 0 atom stereocenters. The number of hydrogen-bond acceptors (Lipinski definition) is 2. The van der Waals surface area contributed by atoms with Gasteiger partial charge in [0.1, 0.15) is 0 Å². The van der Waals surface area contributed by atoms with Crippen molar-refractivity contribution in [2.75, 3.05) is 14.1 Å². The summed E-state index contributed by atoms with van der Waals surface area (Å²) < 4.78 is 31.1. The second kappa shape index (κ2) is 25.0. The van der Waals surface area contributed by atoms with Crippen LogP contribution in [0.25, 0.3) is 0 Å². The summed E-state index contributed by atoms with van der Waals surface area (Å²) in [4.78, 5) is 3.26. The third kappa shape index (κ3) is 15.0. The van der Waals surface area contributed by atoms with Crippen LogP contribution in [0.1, 0.15) is 4.88 Å². The molecule has 0 aromatic carbocycles. The van der Waals surface area contributed by atoms with Gasteiger partial charge in [0.05, 0.1) is 0 Å². The maximum atomic E-state index is 7.50. The van der Waals surface area contributed by atoms with Gasteiger partial charge in [0.2, 0.25) is 0 Å². The molecule has 0 bridgehead atoms. The number of nitrogens with zero attached hydrogens (tertiary/aromatic N) is 1. The molecule has 18 heavy (non-hydrogen) atoms. The van der Waals surface area contributed by atoms with E-state index < -0.39 is 0 Å². The molecular formula is C11H9FeNO4S. The number of thiophene rings is 1. The second-order valence-corrected chi connectivity index (χ2v) is 3.62. The summed E-state index contributed by atoms with van der Waals surface area (Å²) in [6, 6.07) is 4.11. The van der Waals surface area contributed by atoms with Gasteiger partial charge >= 0.3 is 118 Å². The molecular weight excluding hydrogens is 298 g/mol. The molecule has 1 rings (SSSR count). The standard InChI is InChI=1S/C7H9NS.4CO.Fe/c1-8(2)6-7-4-3-5-9-7;4*1-2;/h3-5H,1-2H3;;;;;. The third-order valence-electron chi connectivity index (χ3n) is 1.10. The molecule has 0 aliphatic carbocycles. The Morgan fingerprint density at radius 2 is 1.44 bits per heavy atom. The molecule has 0 N–H and O–H groups in total. The monoisotopic (exact) mass is 307 g/mol. The number of rotatable bonds is 2. The summed E-state index contributed by atoms with van der Waals surface area (Å²) in [6.07, 6.45) is 0. The van der Waals surface area contributed by atoms with E-state index in [0.717, 1.165) is 4.54 Å². The first-order chi connectivity index (χ1) is 8.72. The van der Waals surface area contributed by atoms with Crippen LogP contribution in [0.5, 0.6) is 0 Å². The van der Waals surface area contributed by atoms with Gasteiger partial charge in [0.15, 0.2) is 0 Å². The summed E-state index contributed by atoms with van der Waals surface area (Å²) in [5.74, 6) is 0. The zero-order valence-corrected chi connectivity index (χ0v) is 11.5. The molecule has 0 radical (unpaired) electrons. The van der Waals surface area contributed by atoms with Crippen molar-refractivity contribution in [3.63, 3.8) is 0 Å². The first-order valence-corrected chi connectivity index (χ1v) is 5.19. The van der Waals surface area contributed by atoms with E-state index in [1.807, 2.05) is 25.1 Å². The SMILES string of the molecule is CN(C)[C](=[Fe])c1cccs1.[C-]#[O+].[C-]#[O+].[C-]#[O+].[C-]#[O+]. The van der Waals surface area contributed by atoms with Crippen molar-refractivity contribution in [3.05, 3.63) is 49.0 Å². The zero-order chi connectivity index (χ0) is 15.6. The Kier molecular flexibility index (Phi) is 35.8. The molecule has 0 saturated heterocycles. The van der Waals surface area contributed by atoms with Gasteiger partial charge in [-0.25, -0.2) is 0 Å². The average Bonchev–Trinajstić information content (AvgIpc) is 3.00. The predicted molar refractivity (Wildman–Crippen MR) is 57.8 cm³/mol. The summed E-state index contributed by atoms with van der Waals surface area (Å²) >= 11 is 5.65. The van der Waals surface area contributed by atoms with Crippen molar-refractivity contribution in [1.82, 2.24) is 4.90 Å². The Labute approximate surface area is 118 Å². The first-order valence-electron chi connectivity index (χ1n) is 3.76. The van der Waals surface area contributed by atoms with Crippen molar-refractivity contribution >= 4 is 15.9 Å². The molecule has 0 aliphatic heterocycles. The average molecular weight is 307 g/mol. The molecule has 1 aromatic rings. The van der Waals surface area contributed by atoms with Crippen molar-refractivity contribution in [2.24, 2.45) is 0 Å². The van der Waals surface area contributed by atoms with Crippen LogP contribution in [0.2, 0.25) is 0 Å². The van der Waals surface area contributed by atoms with Crippen LogP contribution in [0, 0.1) is 26.6 Å². The molecule has 7 heteroatoms. The Morgan fingerprint density at radius 3 is 1.67 bits per heavy atom. The topological polar surface area (TPSA) is 82.8 Å². The van der Waals surface area contributed by atoms with E-state index in [4.69, 9.17) is 18.6 Å². The van der Waals surface area contributed by atoms with Gasteiger partial charge < -0.3 is 0 Å². The van der Waals surface area contributed by atoms with Gasteiger partial charge in [-0.15, -0.1) is 0 Å². The Balaban J connectivity index is -0.000000105. The molecule has 96 valence electrons. The van der Waals surface area contributed by atoms with E-state index >= 15 is 0 Å². The van der Waals surface area contributed by atoms with Crippen LogP contribution in [-0.2, 0) is 34.2 Å². The van der Waals surface area contributed by atoms with Gasteiger partial charge in [-0.3, -0.25) is 0 Å².